The summed E-state index contributed by atoms with van der Waals surface area (Å²) < 4.78 is 38.7. The van der Waals surface area contributed by atoms with E-state index in [9.17, 15) is 13.5 Å². The summed E-state index contributed by atoms with van der Waals surface area (Å²) in [6.45, 7) is 2.53. The zero-order valence-electron chi connectivity index (χ0n) is 23.6. The number of allylic oxidation sites excluding steroid dienone is 1. The minimum atomic E-state index is -3.81. The second-order valence-electron chi connectivity index (χ2n) is 11.5. The van der Waals surface area contributed by atoms with E-state index >= 15 is 0 Å². The molecule has 3 aromatic carbocycles. The minimum absolute atomic E-state index is 0.0551. The lowest BCUT2D eigenvalue weighted by atomic mass is 9.85. The van der Waals surface area contributed by atoms with Gasteiger partial charge in [-0.15, -0.1) is 0 Å². The molecule has 1 heterocycles. The summed E-state index contributed by atoms with van der Waals surface area (Å²) in [6.07, 6.45) is 6.42. The van der Waals surface area contributed by atoms with E-state index in [2.05, 4.69) is 47.4 Å². The van der Waals surface area contributed by atoms with E-state index in [4.69, 9.17) is 9.47 Å². The van der Waals surface area contributed by atoms with Crippen LogP contribution >= 0.6 is 0 Å². The van der Waals surface area contributed by atoms with Gasteiger partial charge in [-0.1, -0.05) is 36.4 Å². The van der Waals surface area contributed by atoms with Crippen molar-refractivity contribution < 1.29 is 23.0 Å². The molecule has 2 fully saturated rings. The van der Waals surface area contributed by atoms with Gasteiger partial charge in [0.1, 0.15) is 0 Å². The number of likely N-dealkylation sites (tertiary alicyclic amines) is 1. The quantitative estimate of drug-likeness (QED) is 0.408. The van der Waals surface area contributed by atoms with Crippen molar-refractivity contribution in [2.45, 2.75) is 42.7 Å². The maximum atomic E-state index is 13.2. The monoisotopic (exact) mass is 562 g/mol. The fourth-order valence-electron chi connectivity index (χ4n) is 6.72. The Balaban J connectivity index is 1.27. The number of piperidine rings is 1. The second kappa shape index (κ2) is 10.5. The Kier molecular flexibility index (Phi) is 7.15. The molecule has 0 amide bonds. The van der Waals surface area contributed by atoms with Gasteiger partial charge in [0.05, 0.1) is 25.2 Å². The van der Waals surface area contributed by atoms with Crippen molar-refractivity contribution >= 4 is 26.9 Å². The number of methoxy groups -OCH3 is 2. The highest BCUT2D eigenvalue weighted by Gasteiger charge is 2.42. The molecule has 2 aliphatic carbocycles. The Morgan fingerprint density at radius 2 is 1.82 bits per heavy atom. The zero-order valence-corrected chi connectivity index (χ0v) is 24.4. The number of aliphatic hydroxyl groups excluding tert-OH is 1. The summed E-state index contributed by atoms with van der Waals surface area (Å²) in [6, 6.07) is 14.1. The van der Waals surface area contributed by atoms with Crippen LogP contribution in [0.1, 0.15) is 53.5 Å². The smallest absolute Gasteiger partial charge is 0.243 e. The lowest BCUT2D eigenvalue weighted by Crippen LogP contribution is -2.36. The first-order chi connectivity index (χ1) is 19.2. The SMILES string of the molecule is COc1ccc(S(=O)(=O)N(C)C)c(C(O)C2CCN(Cc3c4c(cc5ccccc35)C=CC3CC43)CC2)c1OC. The minimum Gasteiger partial charge on any atom is -0.493 e. The van der Waals surface area contributed by atoms with E-state index in [1.165, 1.54) is 68.3 Å². The van der Waals surface area contributed by atoms with E-state index in [0.717, 1.165) is 36.8 Å². The molecular weight excluding hydrogens is 524 g/mol. The molecule has 3 unspecified atom stereocenters. The summed E-state index contributed by atoms with van der Waals surface area (Å²) in [5.41, 5.74) is 4.60. The van der Waals surface area contributed by atoms with Crippen molar-refractivity contribution in [1.29, 1.82) is 0 Å². The van der Waals surface area contributed by atoms with Crippen molar-refractivity contribution in [2.24, 2.45) is 11.8 Å². The number of hydrogen-bond acceptors (Lipinski definition) is 6. The maximum Gasteiger partial charge on any atom is 0.243 e. The van der Waals surface area contributed by atoms with Gasteiger partial charge in [0, 0.05) is 26.2 Å². The van der Waals surface area contributed by atoms with Crippen LogP contribution in [0.2, 0.25) is 0 Å². The Bertz CT molecular complexity index is 1570. The normalized spacial score (nSPS) is 21.8. The molecule has 3 aromatic rings. The van der Waals surface area contributed by atoms with E-state index in [1.54, 1.807) is 6.07 Å². The number of benzene rings is 3. The number of ether oxygens (including phenoxy) is 2. The molecule has 1 aliphatic heterocycles. The van der Waals surface area contributed by atoms with Crippen LogP contribution in [-0.4, -0.2) is 64.1 Å². The third-order valence-electron chi connectivity index (χ3n) is 9.03. The van der Waals surface area contributed by atoms with Crippen LogP contribution in [0.4, 0.5) is 0 Å². The van der Waals surface area contributed by atoms with Crippen LogP contribution in [0, 0.1) is 11.8 Å². The largest absolute Gasteiger partial charge is 0.493 e. The van der Waals surface area contributed by atoms with Gasteiger partial charge in [0.2, 0.25) is 10.0 Å². The molecule has 40 heavy (non-hydrogen) atoms. The Morgan fingerprint density at radius 1 is 1.07 bits per heavy atom. The molecule has 1 N–H and O–H groups in total. The van der Waals surface area contributed by atoms with E-state index in [1.807, 2.05) is 0 Å². The van der Waals surface area contributed by atoms with E-state index < -0.39 is 16.1 Å². The molecule has 1 saturated carbocycles. The maximum absolute atomic E-state index is 13.2. The van der Waals surface area contributed by atoms with Gasteiger partial charge in [-0.2, -0.15) is 0 Å². The van der Waals surface area contributed by atoms with Gasteiger partial charge in [-0.3, -0.25) is 4.90 Å². The highest BCUT2D eigenvalue weighted by molar-refractivity contribution is 7.89. The Hall–Kier alpha value is -2.91. The molecule has 0 spiro atoms. The number of sulfonamides is 1. The van der Waals surface area contributed by atoms with Crippen LogP contribution < -0.4 is 9.47 Å². The van der Waals surface area contributed by atoms with Crippen LogP contribution in [0.25, 0.3) is 16.8 Å². The number of hydrogen-bond donors (Lipinski definition) is 1. The topological polar surface area (TPSA) is 79.3 Å². The van der Waals surface area contributed by atoms with Gasteiger partial charge < -0.3 is 14.6 Å². The molecule has 0 radical (unpaired) electrons. The fraction of sp³-hybridized carbons (Fsp3) is 0.438. The second-order valence-corrected chi connectivity index (χ2v) is 13.6. The predicted octanol–water partition coefficient (Wildman–Crippen LogP) is 5.18. The summed E-state index contributed by atoms with van der Waals surface area (Å²) in [5, 5.41) is 14.3. The summed E-state index contributed by atoms with van der Waals surface area (Å²) in [7, 11) is 2.17. The summed E-state index contributed by atoms with van der Waals surface area (Å²) in [5.74, 6) is 1.88. The van der Waals surface area contributed by atoms with Crippen molar-refractivity contribution in [2.75, 3.05) is 41.4 Å². The molecule has 6 rings (SSSR count). The molecule has 7 nitrogen and oxygen atoms in total. The molecular formula is C32H38N2O5S. The molecule has 3 aliphatic rings. The van der Waals surface area contributed by atoms with Crippen molar-refractivity contribution in [3.8, 4) is 11.5 Å². The van der Waals surface area contributed by atoms with Crippen LogP contribution in [-0.2, 0) is 16.6 Å². The van der Waals surface area contributed by atoms with Crippen LogP contribution in [0.3, 0.4) is 0 Å². The van der Waals surface area contributed by atoms with Gasteiger partial charge in [-0.05, 0) is 95.8 Å². The van der Waals surface area contributed by atoms with Crippen molar-refractivity contribution in [1.82, 2.24) is 9.21 Å². The summed E-state index contributed by atoms with van der Waals surface area (Å²) >= 11 is 0. The average Bonchev–Trinajstić information content (AvgIpc) is 3.76. The predicted molar refractivity (Wildman–Crippen MR) is 157 cm³/mol. The van der Waals surface area contributed by atoms with Gasteiger partial charge in [-0.25, -0.2) is 12.7 Å². The highest BCUT2D eigenvalue weighted by atomic mass is 32.2. The standard InChI is InChI=1S/C32H38N2O5S/c1-33(2)40(36,37)28-12-11-27(38-3)32(39-4)30(28)31(35)20-13-15-34(16-14-20)19-26-24-8-6-5-7-21(24)17-23-10-9-22-18-25(22)29(23)26/h5-12,17,20,22,25,31,35H,13-16,18-19H2,1-4H3. The third kappa shape index (κ3) is 4.61. The number of nitrogens with zero attached hydrogens (tertiary/aromatic N) is 2. The van der Waals surface area contributed by atoms with Crippen LogP contribution in [0.5, 0.6) is 11.5 Å². The number of fused-ring (bicyclic) bond motifs is 4. The molecule has 1 saturated heterocycles. The first-order valence-corrected chi connectivity index (χ1v) is 15.5. The zero-order chi connectivity index (χ0) is 28.2. The lowest BCUT2D eigenvalue weighted by molar-refractivity contribution is 0.0529. The van der Waals surface area contributed by atoms with Crippen LogP contribution in [0.15, 0.2) is 53.4 Å². The summed E-state index contributed by atoms with van der Waals surface area (Å²) in [4.78, 5) is 2.54. The van der Waals surface area contributed by atoms with Gasteiger partial charge in [0.15, 0.2) is 11.5 Å². The lowest BCUT2D eigenvalue weighted by Gasteiger charge is -2.36. The van der Waals surface area contributed by atoms with Crippen molar-refractivity contribution in [3.63, 3.8) is 0 Å². The first kappa shape index (κ1) is 27.3. The molecule has 212 valence electrons. The first-order valence-electron chi connectivity index (χ1n) is 14.0. The molecule has 8 heteroatoms. The Labute approximate surface area is 237 Å². The van der Waals surface area contributed by atoms with Crippen molar-refractivity contribution in [3.05, 3.63) is 70.8 Å². The fourth-order valence-corrected chi connectivity index (χ4v) is 7.84. The number of aliphatic hydroxyl groups is 1. The molecule has 0 bridgehead atoms. The van der Waals surface area contributed by atoms with E-state index in [-0.39, 0.29) is 22.1 Å². The third-order valence-corrected chi connectivity index (χ3v) is 10.9. The molecule has 3 atom stereocenters. The van der Waals surface area contributed by atoms with Gasteiger partial charge in [0.25, 0.3) is 0 Å². The van der Waals surface area contributed by atoms with E-state index in [0.29, 0.717) is 17.6 Å². The number of rotatable bonds is 8. The average molecular weight is 563 g/mol. The van der Waals surface area contributed by atoms with Gasteiger partial charge >= 0.3 is 0 Å². The Morgan fingerprint density at radius 3 is 2.52 bits per heavy atom. The highest BCUT2D eigenvalue weighted by Crippen LogP contribution is 2.55. The molecule has 0 aromatic heterocycles.